The smallest absolute Gasteiger partial charge is 0.326 e. The Kier molecular flexibility index (Phi) is 13.6. The van der Waals surface area contributed by atoms with Crippen LogP contribution < -0.4 is 21.7 Å². The van der Waals surface area contributed by atoms with Crippen LogP contribution in [0, 0.1) is 5.92 Å². The number of aliphatic carboxylic acids is 2. The van der Waals surface area contributed by atoms with E-state index in [1.54, 1.807) is 44.2 Å². The average Bonchev–Trinajstić information content (AvgIpc) is 2.84. The van der Waals surface area contributed by atoms with E-state index in [0.29, 0.717) is 24.2 Å². The highest BCUT2D eigenvalue weighted by molar-refractivity contribution is 7.98. The lowest BCUT2D eigenvalue weighted by atomic mass is 9.96. The Morgan fingerprint density at radius 3 is 2.08 bits per heavy atom. The number of carboxylic acid groups (broad SMARTS) is 2. The molecule has 0 aliphatic carbocycles. The van der Waals surface area contributed by atoms with Gasteiger partial charge in [-0.15, -0.1) is 0 Å². The molecule has 5 unspecified atom stereocenters. The van der Waals surface area contributed by atoms with Crippen molar-refractivity contribution >= 4 is 41.4 Å². The van der Waals surface area contributed by atoms with Gasteiger partial charge in [-0.2, -0.15) is 11.8 Å². The fourth-order valence-corrected chi connectivity index (χ4v) is 3.80. The molecule has 5 atom stereocenters. The number of benzene rings is 1. The van der Waals surface area contributed by atoms with Crippen molar-refractivity contribution in [3.8, 4) is 0 Å². The second-order valence-corrected chi connectivity index (χ2v) is 9.49. The van der Waals surface area contributed by atoms with Crippen LogP contribution in [0.15, 0.2) is 30.3 Å². The predicted molar refractivity (Wildman–Crippen MR) is 136 cm³/mol. The van der Waals surface area contributed by atoms with Crippen LogP contribution in [0.2, 0.25) is 0 Å². The van der Waals surface area contributed by atoms with Crippen molar-refractivity contribution < 1.29 is 34.2 Å². The van der Waals surface area contributed by atoms with Crippen LogP contribution in [-0.2, 0) is 30.4 Å². The first-order valence-corrected chi connectivity index (χ1v) is 13.0. The van der Waals surface area contributed by atoms with Crippen molar-refractivity contribution in [2.45, 2.75) is 63.7 Å². The molecule has 7 N–H and O–H groups in total. The Labute approximate surface area is 215 Å². The average molecular weight is 525 g/mol. The van der Waals surface area contributed by atoms with Crippen molar-refractivity contribution in [1.29, 1.82) is 0 Å². The number of carbonyl (C=O) groups is 5. The lowest BCUT2D eigenvalue weighted by Crippen LogP contribution is -2.59. The maximum absolute atomic E-state index is 13.1. The number of carboxylic acids is 2. The number of thioether (sulfide) groups is 1. The first kappa shape index (κ1) is 30.9. The Bertz CT molecular complexity index is 900. The number of rotatable bonds is 16. The summed E-state index contributed by atoms with van der Waals surface area (Å²) < 4.78 is 0. The van der Waals surface area contributed by atoms with Crippen LogP contribution in [0.25, 0.3) is 0 Å². The number of nitrogens with two attached hydrogens (primary N) is 1. The highest BCUT2D eigenvalue weighted by atomic mass is 32.2. The summed E-state index contributed by atoms with van der Waals surface area (Å²) in [6, 6.07) is 3.97. The molecule has 0 bridgehead atoms. The van der Waals surface area contributed by atoms with Gasteiger partial charge >= 0.3 is 11.9 Å². The van der Waals surface area contributed by atoms with Gasteiger partial charge in [-0.1, -0.05) is 50.6 Å². The molecule has 11 nitrogen and oxygen atoms in total. The van der Waals surface area contributed by atoms with Crippen LogP contribution in [0.5, 0.6) is 0 Å². The standard InChI is InChI=1S/C24H36N4O7S/c1-4-14(2)20(23(33)27-18(24(34)35)12-15-8-6-5-7-9-15)28-22(32)17(13-19(29)30)26-21(31)16(25)10-11-36-3/h5-9,14,16-18,20H,4,10-13,25H2,1-3H3,(H,26,31)(H,27,33)(H,28,32)(H,29,30)(H,34,35). The van der Waals surface area contributed by atoms with Crippen LogP contribution >= 0.6 is 11.8 Å². The summed E-state index contributed by atoms with van der Waals surface area (Å²) in [5, 5.41) is 26.2. The molecule has 0 aromatic heterocycles. The molecule has 1 rings (SSSR count). The summed E-state index contributed by atoms with van der Waals surface area (Å²) >= 11 is 1.49. The fraction of sp³-hybridized carbons (Fsp3) is 0.542. The number of nitrogens with one attached hydrogen (secondary N) is 3. The lowest BCUT2D eigenvalue weighted by Gasteiger charge is -2.27. The van der Waals surface area contributed by atoms with Crippen LogP contribution in [0.3, 0.4) is 0 Å². The van der Waals surface area contributed by atoms with E-state index >= 15 is 0 Å². The van der Waals surface area contributed by atoms with Crippen LogP contribution in [0.1, 0.15) is 38.7 Å². The first-order chi connectivity index (χ1) is 17.0. The molecule has 0 spiro atoms. The van der Waals surface area contributed by atoms with Gasteiger partial charge in [0.1, 0.15) is 18.1 Å². The van der Waals surface area contributed by atoms with E-state index in [2.05, 4.69) is 16.0 Å². The first-order valence-electron chi connectivity index (χ1n) is 11.6. The Balaban J connectivity index is 3.01. The largest absolute Gasteiger partial charge is 0.481 e. The zero-order chi connectivity index (χ0) is 27.3. The molecule has 0 fully saturated rings. The minimum Gasteiger partial charge on any atom is -0.481 e. The van der Waals surface area contributed by atoms with Crippen LogP contribution in [0.4, 0.5) is 0 Å². The number of carbonyl (C=O) groups excluding carboxylic acids is 3. The highest BCUT2D eigenvalue weighted by Crippen LogP contribution is 2.11. The van der Waals surface area contributed by atoms with Gasteiger partial charge in [-0.25, -0.2) is 4.79 Å². The summed E-state index contributed by atoms with van der Waals surface area (Å²) in [5.74, 6) is -4.65. The maximum atomic E-state index is 13.1. The van der Waals surface area contributed by atoms with Crippen molar-refractivity contribution in [1.82, 2.24) is 16.0 Å². The Morgan fingerprint density at radius 1 is 0.944 bits per heavy atom. The molecule has 1 aromatic rings. The summed E-state index contributed by atoms with van der Waals surface area (Å²) in [7, 11) is 0. The Morgan fingerprint density at radius 2 is 1.56 bits per heavy atom. The molecule has 36 heavy (non-hydrogen) atoms. The zero-order valence-electron chi connectivity index (χ0n) is 20.7. The number of amides is 3. The molecule has 0 saturated carbocycles. The SMILES string of the molecule is CCC(C)C(NC(=O)C(CC(=O)O)NC(=O)C(N)CCSC)C(=O)NC(Cc1ccccc1)C(=O)O. The normalized spacial score (nSPS) is 15.0. The van der Waals surface area contributed by atoms with Crippen molar-refractivity contribution in [2.75, 3.05) is 12.0 Å². The van der Waals surface area contributed by atoms with Crippen molar-refractivity contribution in [2.24, 2.45) is 11.7 Å². The third kappa shape index (κ3) is 10.6. The van der Waals surface area contributed by atoms with Gasteiger partial charge in [-0.3, -0.25) is 19.2 Å². The molecule has 0 aliphatic heterocycles. The molecule has 3 amide bonds. The second kappa shape index (κ2) is 15.8. The molecular formula is C24H36N4O7S. The highest BCUT2D eigenvalue weighted by Gasteiger charge is 2.33. The molecule has 0 saturated heterocycles. The monoisotopic (exact) mass is 524 g/mol. The van der Waals surface area contributed by atoms with E-state index in [0.717, 1.165) is 0 Å². The fourth-order valence-electron chi connectivity index (χ4n) is 3.31. The summed E-state index contributed by atoms with van der Waals surface area (Å²) in [6.45, 7) is 3.48. The molecule has 0 aliphatic rings. The quantitative estimate of drug-likeness (QED) is 0.177. The lowest BCUT2D eigenvalue weighted by molar-refractivity contribution is -0.143. The summed E-state index contributed by atoms with van der Waals surface area (Å²) in [6.07, 6.45) is 1.97. The molecule has 200 valence electrons. The maximum Gasteiger partial charge on any atom is 0.326 e. The van der Waals surface area contributed by atoms with Gasteiger partial charge in [-0.05, 0) is 29.9 Å². The number of hydrogen-bond donors (Lipinski definition) is 6. The van der Waals surface area contributed by atoms with E-state index < -0.39 is 66.2 Å². The van der Waals surface area contributed by atoms with E-state index in [1.807, 2.05) is 6.26 Å². The molecule has 12 heteroatoms. The molecular weight excluding hydrogens is 488 g/mol. The minimum atomic E-state index is -1.46. The van der Waals surface area contributed by atoms with Gasteiger partial charge in [0.15, 0.2) is 0 Å². The van der Waals surface area contributed by atoms with Gasteiger partial charge in [0.2, 0.25) is 17.7 Å². The third-order valence-corrected chi connectivity index (χ3v) is 6.32. The van der Waals surface area contributed by atoms with Gasteiger partial charge < -0.3 is 31.9 Å². The van der Waals surface area contributed by atoms with Gasteiger partial charge in [0, 0.05) is 6.42 Å². The summed E-state index contributed by atoms with van der Waals surface area (Å²) in [5.41, 5.74) is 6.53. The van der Waals surface area contributed by atoms with Crippen molar-refractivity contribution in [3.05, 3.63) is 35.9 Å². The zero-order valence-corrected chi connectivity index (χ0v) is 21.5. The van der Waals surface area contributed by atoms with Crippen molar-refractivity contribution in [3.63, 3.8) is 0 Å². The predicted octanol–water partition coefficient (Wildman–Crippen LogP) is 0.369. The van der Waals surface area contributed by atoms with E-state index in [9.17, 15) is 34.2 Å². The van der Waals surface area contributed by atoms with E-state index in [1.165, 1.54) is 11.8 Å². The third-order valence-electron chi connectivity index (χ3n) is 5.67. The second-order valence-electron chi connectivity index (χ2n) is 8.51. The number of hydrogen-bond acceptors (Lipinski definition) is 7. The van der Waals surface area contributed by atoms with Gasteiger partial charge in [0.25, 0.3) is 0 Å². The van der Waals surface area contributed by atoms with E-state index in [-0.39, 0.29) is 6.42 Å². The molecule has 0 heterocycles. The van der Waals surface area contributed by atoms with Gasteiger partial charge in [0.05, 0.1) is 12.5 Å². The molecule has 0 radical (unpaired) electrons. The minimum absolute atomic E-state index is 0.0364. The van der Waals surface area contributed by atoms with Crippen LogP contribution in [-0.4, -0.2) is 76.0 Å². The topological polar surface area (TPSA) is 188 Å². The Hall–Kier alpha value is -3.12. The molecule has 1 aromatic carbocycles. The summed E-state index contributed by atoms with van der Waals surface area (Å²) in [4.78, 5) is 61.5. The van der Waals surface area contributed by atoms with E-state index in [4.69, 9.17) is 5.73 Å².